The first-order chi connectivity index (χ1) is 16.5. The van der Waals surface area contributed by atoms with Crippen LogP contribution in [0.2, 0.25) is 0 Å². The number of aromatic amines is 1. The second-order valence-electron chi connectivity index (χ2n) is 8.89. The molecule has 34 heavy (non-hydrogen) atoms. The lowest BCUT2D eigenvalue weighted by Crippen LogP contribution is -2.15. The summed E-state index contributed by atoms with van der Waals surface area (Å²) >= 11 is 0. The first-order valence-electron chi connectivity index (χ1n) is 11.5. The van der Waals surface area contributed by atoms with E-state index in [1.807, 2.05) is 12.1 Å². The number of phenolic OH excluding ortho intramolecular Hbond substituents is 1. The highest BCUT2D eigenvalue weighted by Gasteiger charge is 2.27. The van der Waals surface area contributed by atoms with Gasteiger partial charge >= 0.3 is 0 Å². The third-order valence-corrected chi connectivity index (χ3v) is 6.26. The van der Waals surface area contributed by atoms with Crippen LogP contribution in [0, 0.1) is 0 Å². The van der Waals surface area contributed by atoms with Gasteiger partial charge in [0.15, 0.2) is 11.5 Å². The number of hydrogen-bond acceptors (Lipinski definition) is 5. The Morgan fingerprint density at radius 1 is 0.941 bits per heavy atom. The number of rotatable bonds is 8. The molecule has 0 spiro atoms. The van der Waals surface area contributed by atoms with Crippen molar-refractivity contribution < 1.29 is 14.6 Å². The van der Waals surface area contributed by atoms with E-state index in [0.29, 0.717) is 6.61 Å². The van der Waals surface area contributed by atoms with Crippen molar-refractivity contribution in [3.05, 3.63) is 71.8 Å². The molecule has 2 N–H and O–H groups in total. The molecule has 0 fully saturated rings. The largest absolute Gasteiger partial charge is 0.508 e. The van der Waals surface area contributed by atoms with Gasteiger partial charge in [0.1, 0.15) is 5.75 Å². The Bertz CT molecular complexity index is 1290. The number of methoxy groups -OCH3 is 1. The summed E-state index contributed by atoms with van der Waals surface area (Å²) in [5.74, 6) is 1.80. The number of phenols is 1. The second kappa shape index (κ2) is 9.23. The van der Waals surface area contributed by atoms with Crippen LogP contribution in [0.5, 0.6) is 17.2 Å². The predicted octanol–water partition coefficient (Wildman–Crippen LogP) is 5.36. The van der Waals surface area contributed by atoms with Crippen LogP contribution in [-0.4, -0.2) is 54.6 Å². The van der Waals surface area contributed by atoms with Crippen LogP contribution < -0.4 is 9.47 Å². The number of aromatic hydroxyl groups is 1. The van der Waals surface area contributed by atoms with Crippen LogP contribution in [0.3, 0.4) is 0 Å². The summed E-state index contributed by atoms with van der Waals surface area (Å²) in [6.45, 7) is 1.64. The average molecular weight is 456 g/mol. The normalized spacial score (nSPS) is 12.0. The summed E-state index contributed by atoms with van der Waals surface area (Å²) < 4.78 is 11.7. The molecule has 1 aliphatic rings. The van der Waals surface area contributed by atoms with E-state index in [-0.39, 0.29) is 5.75 Å². The van der Waals surface area contributed by atoms with Gasteiger partial charge in [0.25, 0.3) is 0 Å². The zero-order valence-corrected chi connectivity index (χ0v) is 19.8. The van der Waals surface area contributed by atoms with E-state index in [0.717, 1.165) is 64.5 Å². The highest BCUT2D eigenvalue weighted by atomic mass is 16.5. The monoisotopic (exact) mass is 455 g/mol. The van der Waals surface area contributed by atoms with Crippen molar-refractivity contribution in [3.63, 3.8) is 0 Å². The van der Waals surface area contributed by atoms with E-state index >= 15 is 0 Å². The summed E-state index contributed by atoms with van der Waals surface area (Å²) in [6, 6.07) is 19.8. The maximum absolute atomic E-state index is 9.53. The first kappa shape index (κ1) is 22.0. The minimum absolute atomic E-state index is 0.269. The van der Waals surface area contributed by atoms with Crippen LogP contribution >= 0.6 is 0 Å². The zero-order chi connectivity index (χ0) is 23.7. The second-order valence-corrected chi connectivity index (χ2v) is 8.89. The van der Waals surface area contributed by atoms with Gasteiger partial charge in [-0.2, -0.15) is 5.10 Å². The van der Waals surface area contributed by atoms with Crippen LogP contribution in [0.25, 0.3) is 33.6 Å². The number of aromatic nitrogens is 2. The highest BCUT2D eigenvalue weighted by molar-refractivity contribution is 5.83. The molecule has 0 unspecified atom stereocenters. The topological polar surface area (TPSA) is 70.6 Å². The number of nitrogens with one attached hydrogen (secondary N) is 1. The molecular formula is C28H29N3O3. The summed E-state index contributed by atoms with van der Waals surface area (Å²) in [7, 11) is 5.81. The van der Waals surface area contributed by atoms with E-state index in [1.165, 1.54) is 11.1 Å². The maximum Gasteiger partial charge on any atom is 0.161 e. The summed E-state index contributed by atoms with van der Waals surface area (Å²) in [5, 5.41) is 17.4. The summed E-state index contributed by atoms with van der Waals surface area (Å²) in [4.78, 5) is 2.15. The number of nitrogens with zero attached hydrogens (tertiary/aromatic N) is 2. The molecule has 1 aromatic heterocycles. The fourth-order valence-electron chi connectivity index (χ4n) is 4.48. The molecule has 0 saturated heterocycles. The Kier molecular flexibility index (Phi) is 5.99. The Hall–Kier alpha value is -3.77. The standard InChI is InChI=1S/C28H29N3O3/c1-31(2)13-4-14-34-26-16-21-15-24-27(29-30-28(24)23(21)17-25(26)33-3)20-7-5-18(6-8-20)19-9-11-22(32)12-10-19/h5-12,16-17,32H,4,13-15H2,1-3H3,(H,29,30). The average Bonchev–Trinajstić information content (AvgIpc) is 3.41. The predicted molar refractivity (Wildman–Crippen MR) is 135 cm³/mol. The fourth-order valence-corrected chi connectivity index (χ4v) is 4.48. The molecule has 0 aliphatic heterocycles. The Morgan fingerprint density at radius 2 is 1.62 bits per heavy atom. The number of hydrogen-bond donors (Lipinski definition) is 2. The fraction of sp³-hybridized carbons (Fsp3) is 0.250. The SMILES string of the molecule is COc1cc2c(cc1OCCCN(C)C)Cc1c(-c3ccc(-c4ccc(O)cc4)cc3)n[nH]c1-2. The van der Waals surface area contributed by atoms with Crippen molar-refractivity contribution in [2.24, 2.45) is 0 Å². The van der Waals surface area contributed by atoms with Gasteiger partial charge in [0, 0.05) is 29.7 Å². The van der Waals surface area contributed by atoms with Gasteiger partial charge in [0.05, 0.1) is 25.1 Å². The third kappa shape index (κ3) is 4.24. The lowest BCUT2D eigenvalue weighted by atomic mass is 10.0. The van der Waals surface area contributed by atoms with Crippen molar-refractivity contribution in [1.29, 1.82) is 0 Å². The van der Waals surface area contributed by atoms with Crippen LogP contribution in [0.1, 0.15) is 17.5 Å². The van der Waals surface area contributed by atoms with Crippen molar-refractivity contribution >= 4 is 0 Å². The van der Waals surface area contributed by atoms with Crippen molar-refractivity contribution in [2.45, 2.75) is 12.8 Å². The van der Waals surface area contributed by atoms with E-state index in [4.69, 9.17) is 9.47 Å². The van der Waals surface area contributed by atoms with E-state index < -0.39 is 0 Å². The molecule has 6 nitrogen and oxygen atoms in total. The molecule has 0 atom stereocenters. The van der Waals surface area contributed by atoms with Gasteiger partial charge in [-0.05, 0) is 61.5 Å². The molecule has 0 saturated carbocycles. The number of H-pyrrole nitrogens is 1. The Labute approximate surface area is 199 Å². The van der Waals surface area contributed by atoms with E-state index in [1.54, 1.807) is 19.2 Å². The van der Waals surface area contributed by atoms with Gasteiger partial charge in [0.2, 0.25) is 0 Å². The van der Waals surface area contributed by atoms with Crippen molar-refractivity contribution in [1.82, 2.24) is 15.1 Å². The molecule has 6 heteroatoms. The quantitative estimate of drug-likeness (QED) is 0.308. The molecule has 174 valence electrons. The molecule has 4 aromatic rings. The number of ether oxygens (including phenoxy) is 2. The smallest absolute Gasteiger partial charge is 0.161 e. The van der Waals surface area contributed by atoms with Crippen LogP contribution in [0.15, 0.2) is 60.7 Å². The zero-order valence-electron chi connectivity index (χ0n) is 19.8. The van der Waals surface area contributed by atoms with Gasteiger partial charge in [-0.3, -0.25) is 5.10 Å². The van der Waals surface area contributed by atoms with Crippen LogP contribution in [-0.2, 0) is 6.42 Å². The first-order valence-corrected chi connectivity index (χ1v) is 11.5. The minimum atomic E-state index is 0.269. The molecule has 0 amide bonds. The van der Waals surface area contributed by atoms with Gasteiger partial charge in [-0.1, -0.05) is 36.4 Å². The molecule has 5 rings (SSSR count). The van der Waals surface area contributed by atoms with Crippen molar-refractivity contribution in [3.8, 4) is 50.9 Å². The lowest BCUT2D eigenvalue weighted by molar-refractivity contribution is 0.268. The summed E-state index contributed by atoms with van der Waals surface area (Å²) in [6.07, 6.45) is 1.76. The molecule has 1 heterocycles. The number of benzene rings is 3. The number of fused-ring (bicyclic) bond motifs is 3. The van der Waals surface area contributed by atoms with Crippen LogP contribution in [0.4, 0.5) is 0 Å². The molecule has 0 radical (unpaired) electrons. The molecule has 0 bridgehead atoms. The van der Waals surface area contributed by atoms with E-state index in [2.05, 4.69) is 65.6 Å². The minimum Gasteiger partial charge on any atom is -0.508 e. The molecule has 3 aromatic carbocycles. The van der Waals surface area contributed by atoms with Crippen molar-refractivity contribution in [2.75, 3.05) is 34.4 Å². The van der Waals surface area contributed by atoms with Gasteiger partial charge < -0.3 is 19.5 Å². The third-order valence-electron chi connectivity index (χ3n) is 6.26. The lowest BCUT2D eigenvalue weighted by Gasteiger charge is -2.14. The maximum atomic E-state index is 9.53. The van der Waals surface area contributed by atoms with Gasteiger partial charge in [-0.15, -0.1) is 0 Å². The van der Waals surface area contributed by atoms with E-state index in [9.17, 15) is 5.11 Å². The summed E-state index contributed by atoms with van der Waals surface area (Å²) in [5.41, 5.74) is 8.77. The van der Waals surface area contributed by atoms with Gasteiger partial charge in [-0.25, -0.2) is 0 Å². The Morgan fingerprint density at radius 3 is 2.29 bits per heavy atom. The molecular weight excluding hydrogens is 426 g/mol. The highest BCUT2D eigenvalue weighted by Crippen LogP contribution is 2.45. The molecule has 1 aliphatic carbocycles. The Balaban J connectivity index is 1.38.